The average molecular weight is 904 g/mol. The first-order valence-electron chi connectivity index (χ1n) is 14.4. The molecular weight excluding hydrogens is 879 g/mol. The molecule has 0 bridgehead atoms. The van der Waals surface area contributed by atoms with E-state index in [1.165, 1.54) is 12.1 Å². The number of aromatic hydroxyl groups is 1. The highest BCUT2D eigenvalue weighted by molar-refractivity contribution is 7.94. The standard InChI is InChI=1S/C26H25N5O19S6/c27-23-22-15(14-21(54(38,39)40)25(23)31-29-17-3-7-19(8-4-17)53(36,37)12-10-48-56(44,45)46)13-20(51-50-49-33)24(26(22)32)30-28-16-1-5-18(6-2-16)52(34,35)11-9-47-55(41,42)43/h1-8,13-14,32-33H,9-12,27H2,(H,38,39,40)(H,41,42,43)(H,44,45,46). The van der Waals surface area contributed by atoms with Crippen molar-refractivity contribution in [2.24, 2.45) is 20.5 Å². The molecule has 0 amide bonds. The van der Waals surface area contributed by atoms with Crippen molar-refractivity contribution in [2.75, 3.05) is 30.5 Å². The number of hydrogen-bond acceptors (Lipinski definition) is 22. The number of phenols is 1. The zero-order valence-corrected chi connectivity index (χ0v) is 32.3. The number of benzene rings is 4. The number of phenolic OH excluding ortho intramolecular Hbond substituents is 1. The van der Waals surface area contributed by atoms with E-state index in [-0.39, 0.29) is 48.9 Å². The molecule has 0 radical (unpaired) electrons. The monoisotopic (exact) mass is 903 g/mol. The van der Waals surface area contributed by atoms with E-state index in [0.29, 0.717) is 0 Å². The first kappa shape index (κ1) is 44.4. The van der Waals surface area contributed by atoms with E-state index in [1.807, 2.05) is 0 Å². The highest BCUT2D eigenvalue weighted by atomic mass is 32.3. The number of nitrogen functional groups attached to an aromatic ring is 1. The lowest BCUT2D eigenvalue weighted by Gasteiger charge is -2.14. The largest absolute Gasteiger partial charge is 0.505 e. The van der Waals surface area contributed by atoms with Gasteiger partial charge in [0.25, 0.3) is 10.1 Å². The molecule has 0 aliphatic rings. The van der Waals surface area contributed by atoms with Crippen LogP contribution in [0, 0.1) is 0 Å². The molecule has 4 aromatic carbocycles. The molecule has 304 valence electrons. The maximum atomic E-state index is 12.5. The Hall–Kier alpha value is -4.28. The summed E-state index contributed by atoms with van der Waals surface area (Å²) in [5.74, 6) is -2.44. The van der Waals surface area contributed by atoms with Gasteiger partial charge in [-0.25, -0.2) is 30.5 Å². The molecule has 0 heterocycles. The van der Waals surface area contributed by atoms with Crippen LogP contribution in [0.3, 0.4) is 0 Å². The summed E-state index contributed by atoms with van der Waals surface area (Å²) in [4.78, 5) is -1.71. The van der Waals surface area contributed by atoms with Crippen LogP contribution in [-0.4, -0.2) is 90.8 Å². The average Bonchev–Trinajstić information content (AvgIpc) is 3.08. The Kier molecular flexibility index (Phi) is 13.9. The summed E-state index contributed by atoms with van der Waals surface area (Å²) in [7, 11) is -23.1. The highest BCUT2D eigenvalue weighted by Crippen LogP contribution is 2.49. The van der Waals surface area contributed by atoms with Crippen LogP contribution in [0.1, 0.15) is 0 Å². The summed E-state index contributed by atoms with van der Waals surface area (Å²) >= 11 is 0.245. The fourth-order valence-electron chi connectivity index (χ4n) is 4.41. The van der Waals surface area contributed by atoms with Crippen molar-refractivity contribution >= 4 is 102 Å². The highest BCUT2D eigenvalue weighted by Gasteiger charge is 2.26. The predicted molar refractivity (Wildman–Crippen MR) is 191 cm³/mol. The fraction of sp³-hybridized carbons (Fsp3) is 0.154. The van der Waals surface area contributed by atoms with Gasteiger partial charge in [-0.2, -0.15) is 35.5 Å². The molecule has 4 aromatic rings. The Morgan fingerprint density at radius 3 is 1.50 bits per heavy atom. The fourth-order valence-corrected chi connectivity index (χ4v) is 8.56. The molecule has 0 fully saturated rings. The van der Waals surface area contributed by atoms with Gasteiger partial charge in [-0.15, -0.1) is 14.6 Å². The number of nitrogens with two attached hydrogens (primary N) is 1. The zero-order chi connectivity index (χ0) is 41.7. The molecule has 0 spiro atoms. The van der Waals surface area contributed by atoms with E-state index in [4.69, 9.17) is 20.1 Å². The van der Waals surface area contributed by atoms with Crippen LogP contribution in [0.4, 0.5) is 28.4 Å². The van der Waals surface area contributed by atoms with Crippen LogP contribution in [-0.2, 0) is 68.3 Å². The van der Waals surface area contributed by atoms with E-state index in [2.05, 4.69) is 38.2 Å². The Morgan fingerprint density at radius 2 is 1.09 bits per heavy atom. The van der Waals surface area contributed by atoms with Crippen molar-refractivity contribution in [2.45, 2.75) is 19.6 Å². The summed E-state index contributed by atoms with van der Waals surface area (Å²) in [6.07, 6.45) is 0. The topological polar surface area (TPSA) is 384 Å². The quantitative estimate of drug-likeness (QED) is 0.0206. The van der Waals surface area contributed by atoms with E-state index >= 15 is 0 Å². The second-order valence-electron chi connectivity index (χ2n) is 10.5. The lowest BCUT2D eigenvalue weighted by molar-refractivity contribution is -0.432. The van der Waals surface area contributed by atoms with Crippen LogP contribution in [0.15, 0.2) is 101 Å². The van der Waals surface area contributed by atoms with Crippen molar-refractivity contribution in [3.8, 4) is 5.75 Å². The molecule has 0 aliphatic heterocycles. The second kappa shape index (κ2) is 17.5. The van der Waals surface area contributed by atoms with Gasteiger partial charge in [0, 0.05) is 0 Å². The van der Waals surface area contributed by atoms with Crippen LogP contribution < -0.4 is 5.73 Å². The van der Waals surface area contributed by atoms with Crippen LogP contribution >= 0.6 is 12.0 Å². The summed E-state index contributed by atoms with van der Waals surface area (Å²) in [6, 6.07) is 10.8. The molecule has 0 saturated heterocycles. The number of fused-ring (bicyclic) bond motifs is 1. The predicted octanol–water partition coefficient (Wildman–Crippen LogP) is 3.82. The van der Waals surface area contributed by atoms with E-state index in [1.54, 1.807) is 0 Å². The van der Waals surface area contributed by atoms with E-state index in [9.17, 15) is 51.7 Å². The third kappa shape index (κ3) is 11.9. The molecule has 0 unspecified atom stereocenters. The van der Waals surface area contributed by atoms with Gasteiger partial charge in [0.2, 0.25) is 0 Å². The first-order chi connectivity index (χ1) is 25.9. The number of rotatable bonds is 18. The van der Waals surface area contributed by atoms with Crippen molar-refractivity contribution in [3.05, 3.63) is 60.7 Å². The molecule has 24 nitrogen and oxygen atoms in total. The molecular formula is C26H25N5O19S6. The number of nitrogens with zero attached hydrogens (tertiary/aromatic N) is 4. The van der Waals surface area contributed by atoms with Gasteiger partial charge in [0.05, 0.1) is 73.9 Å². The summed E-state index contributed by atoms with van der Waals surface area (Å²) < 4.78 is 157. The number of azo groups is 2. The molecule has 56 heavy (non-hydrogen) atoms. The normalized spacial score (nSPS) is 13.3. The van der Waals surface area contributed by atoms with Crippen molar-refractivity contribution in [1.29, 1.82) is 0 Å². The van der Waals surface area contributed by atoms with Gasteiger partial charge < -0.3 is 10.8 Å². The molecule has 0 saturated carbocycles. The Balaban J connectivity index is 1.73. The molecule has 0 aliphatic carbocycles. The SMILES string of the molecule is Nc1c(N=Nc2ccc(S(=O)(=O)CCOS(=O)(=O)O)cc2)c(S(=O)(=O)O)cc2cc(SOOO)c(N=Nc3ccc(S(=O)(=O)CCOS(=O)(=O)O)cc3)c(O)c12. The van der Waals surface area contributed by atoms with E-state index in [0.717, 1.165) is 48.5 Å². The number of sulfone groups is 2. The maximum Gasteiger partial charge on any atom is 0.397 e. The summed E-state index contributed by atoms with van der Waals surface area (Å²) in [5, 5.41) is 38.7. The smallest absolute Gasteiger partial charge is 0.397 e. The van der Waals surface area contributed by atoms with Crippen molar-refractivity contribution in [3.63, 3.8) is 0 Å². The minimum absolute atomic E-state index is 0.0117. The minimum atomic E-state index is -5.12. The van der Waals surface area contributed by atoms with Gasteiger partial charge in [-0.1, -0.05) is 5.04 Å². The lowest BCUT2D eigenvalue weighted by Crippen LogP contribution is -2.15. The lowest BCUT2D eigenvalue weighted by atomic mass is 10.1. The molecule has 7 N–H and O–H groups in total. The molecule has 0 atom stereocenters. The number of hydrogen-bond donors (Lipinski definition) is 6. The summed E-state index contributed by atoms with van der Waals surface area (Å²) in [5.41, 5.74) is 4.42. The Morgan fingerprint density at radius 1 is 0.643 bits per heavy atom. The second-order valence-corrected chi connectivity index (χ2v) is 19.1. The van der Waals surface area contributed by atoms with Gasteiger partial charge in [-0.3, -0.25) is 13.7 Å². The third-order valence-corrected chi connectivity index (χ3v) is 12.6. The Bertz CT molecular complexity index is 2750. The Labute approximate surface area is 321 Å². The van der Waals surface area contributed by atoms with Crippen molar-refractivity contribution < 1.29 is 83.8 Å². The maximum absolute atomic E-state index is 12.5. The van der Waals surface area contributed by atoms with Crippen LogP contribution in [0.2, 0.25) is 0 Å². The van der Waals surface area contributed by atoms with E-state index < -0.39 is 103 Å². The summed E-state index contributed by atoms with van der Waals surface area (Å²) in [6.45, 7) is -1.76. The van der Waals surface area contributed by atoms with Gasteiger partial charge in [0.1, 0.15) is 16.3 Å². The van der Waals surface area contributed by atoms with Crippen LogP contribution in [0.5, 0.6) is 5.75 Å². The van der Waals surface area contributed by atoms with Gasteiger partial charge in [-0.05, 0) is 66.0 Å². The minimum Gasteiger partial charge on any atom is -0.505 e. The van der Waals surface area contributed by atoms with Crippen molar-refractivity contribution in [1.82, 2.24) is 0 Å². The third-order valence-electron chi connectivity index (χ3n) is 6.84. The molecule has 30 heteroatoms. The zero-order valence-electron chi connectivity index (χ0n) is 27.4. The van der Waals surface area contributed by atoms with Gasteiger partial charge >= 0.3 is 20.8 Å². The number of anilines is 1. The first-order valence-corrected chi connectivity index (χ1v) is 22.6. The molecule has 0 aromatic heterocycles. The van der Waals surface area contributed by atoms with Crippen LogP contribution in [0.25, 0.3) is 10.8 Å². The molecule has 4 rings (SSSR count). The van der Waals surface area contributed by atoms with Gasteiger partial charge in [0.15, 0.2) is 25.4 Å².